The second-order valence-corrected chi connectivity index (χ2v) is 8.10. The van der Waals surface area contributed by atoms with E-state index < -0.39 is 0 Å². The molecule has 1 aliphatic heterocycles. The van der Waals surface area contributed by atoms with Gasteiger partial charge in [0.15, 0.2) is 5.11 Å². The fourth-order valence-corrected chi connectivity index (χ4v) is 4.55. The average molecular weight is 447 g/mol. The third-order valence-electron chi connectivity index (χ3n) is 5.69. The third kappa shape index (κ3) is 3.54. The molecule has 0 spiro atoms. The quantitative estimate of drug-likeness (QED) is 0.412. The standard InChI is InChI=1S/C25H20F2N4S/c1-16-14-19(10-11-20(16)27)31-24(23(29-25(31)32)21-8-2-3-12-28-21)22-9-5-13-30(22)18-7-4-6-17(26)15-18/h2-15,23-24H,1H3,(H,29,32). The van der Waals surface area contributed by atoms with Gasteiger partial charge in [-0.1, -0.05) is 12.1 Å². The van der Waals surface area contributed by atoms with Crippen LogP contribution < -0.4 is 10.2 Å². The number of nitrogens with zero attached hydrogens (tertiary/aromatic N) is 3. The van der Waals surface area contributed by atoms with E-state index in [0.29, 0.717) is 16.4 Å². The van der Waals surface area contributed by atoms with Crippen molar-refractivity contribution in [1.82, 2.24) is 14.9 Å². The molecule has 2 aromatic carbocycles. The van der Waals surface area contributed by atoms with E-state index in [1.807, 2.05) is 52.1 Å². The molecule has 160 valence electrons. The summed E-state index contributed by atoms with van der Waals surface area (Å²) >= 11 is 5.73. The van der Waals surface area contributed by atoms with Gasteiger partial charge < -0.3 is 14.8 Å². The molecule has 4 aromatic rings. The lowest BCUT2D eigenvalue weighted by Crippen LogP contribution is -2.30. The van der Waals surface area contributed by atoms with Crippen LogP contribution in [0.15, 0.2) is 85.2 Å². The summed E-state index contributed by atoms with van der Waals surface area (Å²) in [7, 11) is 0. The van der Waals surface area contributed by atoms with Crippen molar-refractivity contribution in [3.63, 3.8) is 0 Å². The Balaban J connectivity index is 1.68. The molecule has 0 amide bonds. The first-order valence-corrected chi connectivity index (χ1v) is 10.6. The van der Waals surface area contributed by atoms with Gasteiger partial charge in [0.25, 0.3) is 0 Å². The van der Waals surface area contributed by atoms with Crippen molar-refractivity contribution in [3.05, 3.63) is 114 Å². The van der Waals surface area contributed by atoms with Gasteiger partial charge in [0.2, 0.25) is 0 Å². The highest BCUT2D eigenvalue weighted by atomic mass is 32.1. The molecule has 2 aromatic heterocycles. The first-order chi connectivity index (χ1) is 15.5. The number of hydrogen-bond donors (Lipinski definition) is 1. The largest absolute Gasteiger partial charge is 0.351 e. The number of halogens is 2. The molecule has 0 radical (unpaired) electrons. The fraction of sp³-hybridized carbons (Fsp3) is 0.120. The lowest BCUT2D eigenvalue weighted by atomic mass is 10.0. The number of rotatable bonds is 4. The van der Waals surface area contributed by atoms with Gasteiger partial charge in [-0.05, 0) is 85.4 Å². The predicted molar refractivity (Wildman–Crippen MR) is 125 cm³/mol. The summed E-state index contributed by atoms with van der Waals surface area (Å²) in [6.07, 6.45) is 3.64. The molecule has 4 nitrogen and oxygen atoms in total. The zero-order valence-electron chi connectivity index (χ0n) is 17.2. The molecule has 5 rings (SSSR count). The zero-order chi connectivity index (χ0) is 22.2. The van der Waals surface area contributed by atoms with E-state index in [2.05, 4.69) is 10.3 Å². The van der Waals surface area contributed by atoms with Gasteiger partial charge in [0.1, 0.15) is 17.7 Å². The van der Waals surface area contributed by atoms with Crippen LogP contribution in [0, 0.1) is 18.6 Å². The number of thiocarbonyl (C=S) groups is 1. The highest BCUT2D eigenvalue weighted by Gasteiger charge is 2.42. The fourth-order valence-electron chi connectivity index (χ4n) is 4.21. The molecular formula is C25H20F2N4S. The molecule has 32 heavy (non-hydrogen) atoms. The summed E-state index contributed by atoms with van der Waals surface area (Å²) < 4.78 is 29.9. The Morgan fingerprint density at radius 2 is 1.81 bits per heavy atom. The van der Waals surface area contributed by atoms with Crippen LogP contribution in [-0.2, 0) is 0 Å². The number of nitrogens with one attached hydrogen (secondary N) is 1. The molecule has 1 N–H and O–H groups in total. The number of hydrogen-bond acceptors (Lipinski definition) is 2. The Labute approximate surface area is 190 Å². The van der Waals surface area contributed by atoms with Crippen molar-refractivity contribution in [2.75, 3.05) is 4.90 Å². The number of aryl methyl sites for hydroxylation is 1. The van der Waals surface area contributed by atoms with Gasteiger partial charge in [0.05, 0.1) is 11.7 Å². The van der Waals surface area contributed by atoms with Crippen LogP contribution in [0.2, 0.25) is 0 Å². The second-order valence-electron chi connectivity index (χ2n) is 7.71. The van der Waals surface area contributed by atoms with Crippen LogP contribution in [0.3, 0.4) is 0 Å². The summed E-state index contributed by atoms with van der Waals surface area (Å²) in [6.45, 7) is 1.73. The maximum atomic E-state index is 14.0. The number of benzene rings is 2. The van der Waals surface area contributed by atoms with Gasteiger partial charge in [-0.25, -0.2) is 8.78 Å². The Bertz CT molecular complexity index is 1290. The monoisotopic (exact) mass is 446 g/mol. The van der Waals surface area contributed by atoms with Crippen molar-refractivity contribution in [3.8, 4) is 5.69 Å². The zero-order valence-corrected chi connectivity index (χ0v) is 18.1. The average Bonchev–Trinajstić information content (AvgIpc) is 3.40. The van der Waals surface area contributed by atoms with Gasteiger partial charge in [-0.2, -0.15) is 0 Å². The summed E-state index contributed by atoms with van der Waals surface area (Å²) in [6, 6.07) is 20.5. The smallest absolute Gasteiger partial charge is 0.174 e. The van der Waals surface area contributed by atoms with E-state index in [1.165, 1.54) is 18.2 Å². The summed E-state index contributed by atoms with van der Waals surface area (Å²) in [5.41, 5.74) is 3.74. The normalized spacial score (nSPS) is 18.1. The molecular weight excluding hydrogens is 426 g/mol. The van der Waals surface area contributed by atoms with Crippen molar-refractivity contribution in [1.29, 1.82) is 0 Å². The molecule has 2 unspecified atom stereocenters. The van der Waals surface area contributed by atoms with E-state index in [0.717, 1.165) is 17.1 Å². The molecule has 2 atom stereocenters. The van der Waals surface area contributed by atoms with Crippen LogP contribution in [-0.4, -0.2) is 14.7 Å². The second kappa shape index (κ2) is 8.16. The minimum atomic E-state index is -0.311. The minimum Gasteiger partial charge on any atom is -0.351 e. The van der Waals surface area contributed by atoms with Crippen LogP contribution in [0.5, 0.6) is 0 Å². The van der Waals surface area contributed by atoms with Gasteiger partial charge in [-0.3, -0.25) is 4.98 Å². The third-order valence-corrected chi connectivity index (χ3v) is 6.00. The molecule has 7 heteroatoms. The first-order valence-electron chi connectivity index (χ1n) is 10.2. The van der Waals surface area contributed by atoms with E-state index in [4.69, 9.17) is 12.2 Å². The molecule has 0 bridgehead atoms. The van der Waals surface area contributed by atoms with E-state index in [1.54, 1.807) is 31.3 Å². The summed E-state index contributed by atoms with van der Waals surface area (Å²) in [5, 5.41) is 3.91. The van der Waals surface area contributed by atoms with Gasteiger partial charge >= 0.3 is 0 Å². The first kappa shape index (κ1) is 20.3. The van der Waals surface area contributed by atoms with Crippen molar-refractivity contribution >= 4 is 23.0 Å². The highest BCUT2D eigenvalue weighted by Crippen LogP contribution is 2.42. The topological polar surface area (TPSA) is 33.1 Å². The number of aromatic nitrogens is 2. The Kier molecular flexibility index (Phi) is 5.19. The minimum absolute atomic E-state index is 0.253. The molecule has 0 aliphatic carbocycles. The van der Waals surface area contributed by atoms with Gasteiger partial charge in [-0.15, -0.1) is 0 Å². The van der Waals surface area contributed by atoms with E-state index >= 15 is 0 Å². The Morgan fingerprint density at radius 3 is 2.56 bits per heavy atom. The molecule has 1 aliphatic rings. The van der Waals surface area contributed by atoms with Crippen LogP contribution in [0.4, 0.5) is 14.5 Å². The maximum Gasteiger partial charge on any atom is 0.174 e. The molecule has 1 fully saturated rings. The number of anilines is 1. The molecule has 3 heterocycles. The number of pyridine rings is 1. The van der Waals surface area contributed by atoms with Crippen LogP contribution in [0.25, 0.3) is 5.69 Å². The van der Waals surface area contributed by atoms with Crippen molar-refractivity contribution in [2.24, 2.45) is 0 Å². The Hall–Kier alpha value is -3.58. The SMILES string of the molecule is Cc1cc(N2C(=S)NC(c3ccccn3)C2c2cccn2-c2cccc(F)c2)ccc1F. The molecule has 1 saturated heterocycles. The highest BCUT2D eigenvalue weighted by molar-refractivity contribution is 7.80. The molecule has 0 saturated carbocycles. The predicted octanol–water partition coefficient (Wildman–Crippen LogP) is 5.64. The van der Waals surface area contributed by atoms with Crippen LogP contribution >= 0.6 is 12.2 Å². The van der Waals surface area contributed by atoms with Crippen LogP contribution in [0.1, 0.15) is 29.0 Å². The van der Waals surface area contributed by atoms with Crippen molar-refractivity contribution < 1.29 is 8.78 Å². The maximum absolute atomic E-state index is 14.0. The van der Waals surface area contributed by atoms with Gasteiger partial charge in [0, 0.05) is 29.5 Å². The van der Waals surface area contributed by atoms with E-state index in [-0.39, 0.29) is 23.7 Å². The lowest BCUT2D eigenvalue weighted by molar-refractivity contribution is 0.548. The summed E-state index contributed by atoms with van der Waals surface area (Å²) in [5.74, 6) is -0.581. The Morgan fingerprint density at radius 1 is 0.938 bits per heavy atom. The van der Waals surface area contributed by atoms with E-state index in [9.17, 15) is 8.78 Å². The lowest BCUT2D eigenvalue weighted by Gasteiger charge is -2.29. The van der Waals surface area contributed by atoms with Crippen molar-refractivity contribution in [2.45, 2.75) is 19.0 Å². The summed E-state index contributed by atoms with van der Waals surface area (Å²) in [4.78, 5) is 6.53.